The summed E-state index contributed by atoms with van der Waals surface area (Å²) in [4.78, 5) is 16.9. The van der Waals surface area contributed by atoms with Crippen LogP contribution in [-0.4, -0.2) is 51.7 Å². The molecule has 3 heterocycles. The fraction of sp³-hybridized carbons (Fsp3) is 0.467. The van der Waals surface area contributed by atoms with E-state index in [0.717, 1.165) is 32.7 Å². The summed E-state index contributed by atoms with van der Waals surface area (Å²) in [7, 11) is 1.75. The van der Waals surface area contributed by atoms with E-state index in [-0.39, 0.29) is 5.91 Å². The molecule has 2 aromatic heterocycles. The highest BCUT2D eigenvalue weighted by Gasteiger charge is 2.27. The average molecular weight is 339 g/mol. The molecule has 1 amide bonds. The van der Waals surface area contributed by atoms with E-state index in [9.17, 15) is 4.79 Å². The van der Waals surface area contributed by atoms with Gasteiger partial charge in [-0.3, -0.25) is 14.4 Å². The lowest BCUT2D eigenvalue weighted by molar-refractivity contribution is 0.0628. The van der Waals surface area contributed by atoms with E-state index in [1.807, 2.05) is 11.8 Å². The Labute approximate surface area is 139 Å². The average Bonchev–Trinajstić information content (AvgIpc) is 3.08. The van der Waals surface area contributed by atoms with E-state index in [4.69, 9.17) is 11.6 Å². The number of nitrogens with zero attached hydrogens (tertiary/aromatic N) is 4. The smallest absolute Gasteiger partial charge is 0.258 e. The van der Waals surface area contributed by atoms with Crippen LogP contribution in [0.1, 0.15) is 21.6 Å². The minimum Gasteiger partial charge on any atom is -0.336 e. The molecule has 1 fully saturated rings. The lowest BCUT2D eigenvalue weighted by atomic mass is 10.2. The van der Waals surface area contributed by atoms with Gasteiger partial charge >= 0.3 is 0 Å². The number of piperazine rings is 1. The zero-order chi connectivity index (χ0) is 15.7. The van der Waals surface area contributed by atoms with Crippen molar-refractivity contribution in [3.8, 4) is 0 Å². The van der Waals surface area contributed by atoms with Crippen LogP contribution >= 0.6 is 22.9 Å². The number of thiophene rings is 1. The highest BCUT2D eigenvalue weighted by molar-refractivity contribution is 7.07. The van der Waals surface area contributed by atoms with Crippen molar-refractivity contribution in [1.29, 1.82) is 0 Å². The molecule has 0 aromatic carbocycles. The van der Waals surface area contributed by atoms with Crippen molar-refractivity contribution in [2.24, 2.45) is 7.05 Å². The normalized spacial score (nSPS) is 16.2. The second kappa shape index (κ2) is 6.40. The lowest BCUT2D eigenvalue weighted by Crippen LogP contribution is -2.48. The molecule has 0 unspecified atom stereocenters. The van der Waals surface area contributed by atoms with Crippen LogP contribution in [0, 0.1) is 6.92 Å². The van der Waals surface area contributed by atoms with Crippen LogP contribution in [0.15, 0.2) is 16.8 Å². The number of aryl methyl sites for hydroxylation is 2. The second-order valence-electron chi connectivity index (χ2n) is 5.57. The Morgan fingerprint density at radius 3 is 2.64 bits per heavy atom. The van der Waals surface area contributed by atoms with Crippen molar-refractivity contribution in [2.45, 2.75) is 13.5 Å². The summed E-state index contributed by atoms with van der Waals surface area (Å²) in [6.07, 6.45) is 0. The number of hydrogen-bond acceptors (Lipinski definition) is 4. The summed E-state index contributed by atoms with van der Waals surface area (Å²) in [6, 6.07) is 2.15. The number of halogens is 1. The molecule has 22 heavy (non-hydrogen) atoms. The van der Waals surface area contributed by atoms with Gasteiger partial charge in [-0.15, -0.1) is 0 Å². The summed E-state index contributed by atoms with van der Waals surface area (Å²) in [6.45, 7) is 6.02. The van der Waals surface area contributed by atoms with E-state index in [0.29, 0.717) is 16.4 Å². The van der Waals surface area contributed by atoms with Gasteiger partial charge in [-0.2, -0.15) is 16.4 Å². The van der Waals surface area contributed by atoms with Crippen LogP contribution < -0.4 is 0 Å². The molecule has 5 nitrogen and oxygen atoms in total. The van der Waals surface area contributed by atoms with E-state index < -0.39 is 0 Å². The summed E-state index contributed by atoms with van der Waals surface area (Å²) in [5, 5.41) is 8.92. The number of carbonyl (C=O) groups excluding carboxylic acids is 1. The third-order valence-corrected chi connectivity index (χ3v) is 5.18. The molecule has 1 saturated heterocycles. The van der Waals surface area contributed by atoms with Crippen LogP contribution in [-0.2, 0) is 13.6 Å². The topological polar surface area (TPSA) is 41.4 Å². The van der Waals surface area contributed by atoms with Gasteiger partial charge in [-0.1, -0.05) is 11.6 Å². The van der Waals surface area contributed by atoms with E-state index in [1.54, 1.807) is 23.1 Å². The molecule has 0 saturated carbocycles. The van der Waals surface area contributed by atoms with Crippen LogP contribution in [0.4, 0.5) is 0 Å². The van der Waals surface area contributed by atoms with Gasteiger partial charge in [0.2, 0.25) is 0 Å². The van der Waals surface area contributed by atoms with E-state index in [2.05, 4.69) is 26.8 Å². The van der Waals surface area contributed by atoms with Crippen molar-refractivity contribution in [1.82, 2.24) is 19.6 Å². The SMILES string of the molecule is Cc1nn(C)c(Cl)c1C(=O)N1CCN(Cc2ccsc2)CC1. The van der Waals surface area contributed by atoms with Gasteiger partial charge in [-0.25, -0.2) is 0 Å². The molecule has 3 rings (SSSR count). The Balaban J connectivity index is 1.62. The molecule has 7 heteroatoms. The number of aromatic nitrogens is 2. The van der Waals surface area contributed by atoms with Crippen LogP contribution in [0.25, 0.3) is 0 Å². The standard InChI is InChI=1S/C15H19ClN4OS/c1-11-13(14(16)18(2)17-11)15(21)20-6-4-19(5-7-20)9-12-3-8-22-10-12/h3,8,10H,4-7,9H2,1-2H3. The van der Waals surface area contributed by atoms with Gasteiger partial charge in [0, 0.05) is 39.8 Å². The number of hydrogen-bond donors (Lipinski definition) is 0. The van der Waals surface area contributed by atoms with Gasteiger partial charge in [0.25, 0.3) is 5.91 Å². The highest BCUT2D eigenvalue weighted by Crippen LogP contribution is 2.21. The second-order valence-corrected chi connectivity index (χ2v) is 6.71. The molecular weight excluding hydrogens is 320 g/mol. The lowest BCUT2D eigenvalue weighted by Gasteiger charge is -2.34. The largest absolute Gasteiger partial charge is 0.336 e. The van der Waals surface area contributed by atoms with Crippen LogP contribution in [0.3, 0.4) is 0 Å². The number of rotatable bonds is 3. The maximum Gasteiger partial charge on any atom is 0.258 e. The number of carbonyl (C=O) groups is 1. The fourth-order valence-corrected chi connectivity index (χ4v) is 3.70. The molecule has 0 radical (unpaired) electrons. The fourth-order valence-electron chi connectivity index (χ4n) is 2.78. The predicted molar refractivity (Wildman–Crippen MR) is 88.5 cm³/mol. The first-order valence-electron chi connectivity index (χ1n) is 7.28. The van der Waals surface area contributed by atoms with Gasteiger partial charge in [0.1, 0.15) is 5.15 Å². The third kappa shape index (κ3) is 3.04. The Morgan fingerprint density at radius 1 is 1.36 bits per heavy atom. The maximum atomic E-state index is 12.6. The molecule has 0 atom stereocenters. The first kappa shape index (κ1) is 15.5. The van der Waals surface area contributed by atoms with Gasteiger partial charge in [0.15, 0.2) is 0 Å². The highest BCUT2D eigenvalue weighted by atomic mass is 35.5. The van der Waals surface area contributed by atoms with Crippen LogP contribution in [0.5, 0.6) is 0 Å². The van der Waals surface area contributed by atoms with E-state index in [1.165, 1.54) is 5.56 Å². The maximum absolute atomic E-state index is 12.6. The summed E-state index contributed by atoms with van der Waals surface area (Å²) >= 11 is 7.92. The molecule has 1 aliphatic heterocycles. The van der Waals surface area contributed by atoms with Crippen molar-refractivity contribution < 1.29 is 4.79 Å². The molecule has 0 N–H and O–H groups in total. The first-order chi connectivity index (χ1) is 10.6. The van der Waals surface area contributed by atoms with Crippen molar-refractivity contribution in [3.63, 3.8) is 0 Å². The third-order valence-electron chi connectivity index (χ3n) is 4.01. The van der Waals surface area contributed by atoms with Crippen molar-refractivity contribution >= 4 is 28.8 Å². The summed E-state index contributed by atoms with van der Waals surface area (Å²) in [5.41, 5.74) is 2.57. The Bertz CT molecular complexity index is 659. The Hall–Kier alpha value is -1.37. The molecule has 0 bridgehead atoms. The molecule has 118 valence electrons. The molecular formula is C15H19ClN4OS. The summed E-state index contributed by atoms with van der Waals surface area (Å²) in [5.74, 6) is -0.00853. The Morgan fingerprint density at radius 2 is 2.09 bits per heavy atom. The van der Waals surface area contributed by atoms with Crippen molar-refractivity contribution in [2.75, 3.05) is 26.2 Å². The molecule has 2 aromatic rings. The zero-order valence-corrected chi connectivity index (χ0v) is 14.3. The van der Waals surface area contributed by atoms with Gasteiger partial charge in [0.05, 0.1) is 11.3 Å². The first-order valence-corrected chi connectivity index (χ1v) is 8.60. The summed E-state index contributed by atoms with van der Waals surface area (Å²) < 4.78 is 1.55. The van der Waals surface area contributed by atoms with Gasteiger partial charge < -0.3 is 4.90 Å². The number of amides is 1. The minimum absolute atomic E-state index is 0.00853. The van der Waals surface area contributed by atoms with Crippen LogP contribution in [0.2, 0.25) is 5.15 Å². The monoisotopic (exact) mass is 338 g/mol. The van der Waals surface area contributed by atoms with E-state index >= 15 is 0 Å². The zero-order valence-electron chi connectivity index (χ0n) is 12.8. The van der Waals surface area contributed by atoms with Crippen molar-refractivity contribution in [3.05, 3.63) is 38.8 Å². The Kier molecular flexibility index (Phi) is 4.52. The molecule has 0 spiro atoms. The molecule has 0 aliphatic carbocycles. The molecule has 1 aliphatic rings. The van der Waals surface area contributed by atoms with Gasteiger partial charge in [-0.05, 0) is 29.3 Å². The predicted octanol–water partition coefficient (Wildman–Crippen LogP) is 2.40. The minimum atomic E-state index is -0.00853. The quantitative estimate of drug-likeness (QED) is 0.863.